The maximum absolute atomic E-state index is 13.9. The molecule has 2 aromatic carbocycles. The first-order valence-corrected chi connectivity index (χ1v) is 13.8. The van der Waals surface area contributed by atoms with Crippen LogP contribution in [0.25, 0.3) is 0 Å². The number of allylic oxidation sites excluding steroid dienone is 1. The van der Waals surface area contributed by atoms with E-state index in [0.29, 0.717) is 12.5 Å². The summed E-state index contributed by atoms with van der Waals surface area (Å²) >= 11 is 0. The molecule has 208 valence electrons. The molecule has 1 aliphatic heterocycles. The third-order valence-electron chi connectivity index (χ3n) is 6.59. The lowest BCUT2D eigenvalue weighted by Crippen LogP contribution is -2.41. The first-order chi connectivity index (χ1) is 18.4. The molecule has 1 atom stereocenters. The number of nitrogens with zero attached hydrogens (tertiary/aromatic N) is 3. The number of rotatable bonds is 4. The first kappa shape index (κ1) is 28.4. The molecule has 0 spiro atoms. The van der Waals surface area contributed by atoms with Crippen LogP contribution in [0.5, 0.6) is 0 Å². The Morgan fingerprint density at radius 2 is 1.44 bits per heavy atom. The van der Waals surface area contributed by atoms with Crippen molar-refractivity contribution >= 4 is 18.1 Å². The molecule has 0 N–H and O–H groups in total. The molecule has 1 unspecified atom stereocenters. The Kier molecular flexibility index (Phi) is 8.48. The topological polar surface area (TPSA) is 71.4 Å². The summed E-state index contributed by atoms with van der Waals surface area (Å²) in [6.07, 6.45) is 5.31. The zero-order valence-corrected chi connectivity index (χ0v) is 24.0. The fraction of sp³-hybridized carbons (Fsp3) is 0.469. The minimum atomic E-state index is -0.752. The molecule has 1 saturated carbocycles. The zero-order valence-electron chi connectivity index (χ0n) is 24.0. The van der Waals surface area contributed by atoms with Gasteiger partial charge in [0.25, 0.3) is 0 Å². The van der Waals surface area contributed by atoms with Crippen molar-refractivity contribution in [1.82, 2.24) is 9.80 Å². The summed E-state index contributed by atoms with van der Waals surface area (Å²) in [6.45, 7) is 11.3. The Hall–Kier alpha value is -3.61. The van der Waals surface area contributed by atoms with Gasteiger partial charge in [0.1, 0.15) is 11.2 Å². The van der Waals surface area contributed by atoms with Crippen molar-refractivity contribution in [1.29, 1.82) is 0 Å². The van der Waals surface area contributed by atoms with Gasteiger partial charge in [-0.3, -0.25) is 0 Å². The summed E-state index contributed by atoms with van der Waals surface area (Å²) in [4.78, 5) is 35.0. The van der Waals surface area contributed by atoms with Gasteiger partial charge < -0.3 is 14.4 Å². The molecule has 2 amide bonds. The van der Waals surface area contributed by atoms with Gasteiger partial charge in [-0.2, -0.15) is 0 Å². The van der Waals surface area contributed by atoms with E-state index < -0.39 is 23.4 Å². The average Bonchev–Trinajstić information content (AvgIpc) is 3.45. The number of aliphatic imine (C=N–C) groups is 1. The summed E-state index contributed by atoms with van der Waals surface area (Å²) in [7, 11) is 0. The van der Waals surface area contributed by atoms with E-state index in [9.17, 15) is 9.59 Å². The highest BCUT2D eigenvalue weighted by atomic mass is 16.6. The molecule has 0 bridgehead atoms. The van der Waals surface area contributed by atoms with E-state index in [-0.39, 0.29) is 12.0 Å². The Morgan fingerprint density at radius 1 is 0.872 bits per heavy atom. The number of carbonyl (C=O) groups excluding carboxylic acids is 2. The lowest BCUT2D eigenvalue weighted by molar-refractivity contribution is 0.0412. The number of hydrogen-bond acceptors (Lipinski definition) is 4. The largest absolute Gasteiger partial charge is 0.443 e. The Labute approximate surface area is 232 Å². The fourth-order valence-electron chi connectivity index (χ4n) is 5.08. The predicted octanol–water partition coefficient (Wildman–Crippen LogP) is 7.85. The number of amides is 2. The summed E-state index contributed by atoms with van der Waals surface area (Å²) in [5, 5.41) is 0. The van der Waals surface area contributed by atoms with Crippen molar-refractivity contribution < 1.29 is 19.1 Å². The molecule has 1 heterocycles. The lowest BCUT2D eigenvalue weighted by Gasteiger charge is -2.27. The number of benzene rings is 2. The van der Waals surface area contributed by atoms with Crippen LogP contribution < -0.4 is 0 Å². The van der Waals surface area contributed by atoms with Gasteiger partial charge in [-0.05, 0) is 71.4 Å². The normalized spacial score (nSPS) is 20.6. The number of guanidine groups is 1. The molecule has 2 aliphatic rings. The fourth-order valence-corrected chi connectivity index (χ4v) is 5.08. The van der Waals surface area contributed by atoms with Crippen molar-refractivity contribution in [3.8, 4) is 0 Å². The van der Waals surface area contributed by atoms with E-state index in [4.69, 9.17) is 9.47 Å². The summed E-state index contributed by atoms with van der Waals surface area (Å²) in [5.74, 6) is 0.538. The molecule has 4 rings (SSSR count). The molecule has 1 aliphatic carbocycles. The maximum atomic E-state index is 13.9. The Morgan fingerprint density at radius 3 is 2.00 bits per heavy atom. The summed E-state index contributed by atoms with van der Waals surface area (Å²) < 4.78 is 11.5. The van der Waals surface area contributed by atoms with Crippen molar-refractivity contribution in [3.63, 3.8) is 0 Å². The minimum Gasteiger partial charge on any atom is -0.443 e. The predicted molar refractivity (Wildman–Crippen MR) is 153 cm³/mol. The van der Waals surface area contributed by atoms with Crippen LogP contribution in [0.15, 0.2) is 77.4 Å². The average molecular weight is 532 g/mol. The second kappa shape index (κ2) is 11.6. The molecule has 7 heteroatoms. The third-order valence-corrected chi connectivity index (χ3v) is 6.59. The van der Waals surface area contributed by atoms with Crippen LogP contribution in [-0.4, -0.2) is 39.1 Å². The Bertz CT molecular complexity index is 1200. The molecule has 2 fully saturated rings. The standard InChI is InChI=1S/C32H41N3O4/c1-31(2,3)38-29(36)33-28-34(22-24-17-9-7-10-18-24)27(25-19-11-8-12-20-25)26(21-23-15-13-14-16-23)35(28)30(37)39-32(4,5)6/h7-12,17-21,23,27H,13-16,22H2,1-6H3/b26-21-,33-28?. The van der Waals surface area contributed by atoms with Crippen LogP contribution >= 0.6 is 0 Å². The van der Waals surface area contributed by atoms with Crippen LogP contribution in [0.4, 0.5) is 9.59 Å². The second-order valence-electron chi connectivity index (χ2n) is 12.3. The van der Waals surface area contributed by atoms with E-state index in [1.54, 1.807) is 20.8 Å². The minimum absolute atomic E-state index is 0.209. The van der Waals surface area contributed by atoms with Gasteiger partial charge in [0.2, 0.25) is 5.96 Å². The first-order valence-electron chi connectivity index (χ1n) is 13.8. The van der Waals surface area contributed by atoms with Crippen LogP contribution in [-0.2, 0) is 16.0 Å². The van der Waals surface area contributed by atoms with Crippen molar-refractivity contribution in [2.75, 3.05) is 0 Å². The lowest BCUT2D eigenvalue weighted by atomic mass is 9.98. The molecule has 0 radical (unpaired) electrons. The van der Waals surface area contributed by atoms with Crippen LogP contribution in [0.3, 0.4) is 0 Å². The van der Waals surface area contributed by atoms with Crippen LogP contribution in [0, 0.1) is 5.92 Å². The molecule has 2 aromatic rings. The van der Waals surface area contributed by atoms with E-state index in [0.717, 1.165) is 42.5 Å². The molecule has 0 aromatic heterocycles. The highest BCUT2D eigenvalue weighted by molar-refractivity contribution is 6.03. The van der Waals surface area contributed by atoms with Gasteiger partial charge in [-0.1, -0.05) is 79.6 Å². The smallest absolute Gasteiger partial charge is 0.437 e. The molecular weight excluding hydrogens is 490 g/mol. The van der Waals surface area contributed by atoms with Crippen LogP contribution in [0.2, 0.25) is 0 Å². The van der Waals surface area contributed by atoms with Gasteiger partial charge in [0.05, 0.1) is 11.7 Å². The second-order valence-corrected chi connectivity index (χ2v) is 12.3. The van der Waals surface area contributed by atoms with Gasteiger partial charge in [0, 0.05) is 6.54 Å². The molecule has 7 nitrogen and oxygen atoms in total. The Balaban J connectivity index is 1.92. The van der Waals surface area contributed by atoms with E-state index in [1.807, 2.05) is 74.2 Å². The van der Waals surface area contributed by atoms with Crippen LogP contribution in [0.1, 0.15) is 84.4 Å². The summed E-state index contributed by atoms with van der Waals surface area (Å²) in [6, 6.07) is 19.7. The van der Waals surface area contributed by atoms with Crippen molar-refractivity contribution in [2.45, 2.75) is 91.0 Å². The number of hydrogen-bond donors (Lipinski definition) is 0. The van der Waals surface area contributed by atoms with E-state index >= 15 is 0 Å². The van der Waals surface area contributed by atoms with Gasteiger partial charge in [-0.25, -0.2) is 14.5 Å². The summed E-state index contributed by atoms with van der Waals surface area (Å²) in [5.41, 5.74) is 1.33. The highest BCUT2D eigenvalue weighted by Gasteiger charge is 2.46. The monoisotopic (exact) mass is 531 g/mol. The van der Waals surface area contributed by atoms with E-state index in [2.05, 4.69) is 23.2 Å². The van der Waals surface area contributed by atoms with E-state index in [1.165, 1.54) is 4.90 Å². The number of carbonyl (C=O) groups is 2. The van der Waals surface area contributed by atoms with Gasteiger partial charge in [-0.15, -0.1) is 4.99 Å². The quantitative estimate of drug-likeness (QED) is 0.402. The highest BCUT2D eigenvalue weighted by Crippen LogP contribution is 2.42. The SMILES string of the molecule is CC(C)(C)OC(=O)N=C1N(C(=O)OC(C)(C)C)/C(=C\C2CCCC2)C(c2ccccc2)N1Cc1ccccc1. The molecule has 1 saturated heterocycles. The van der Waals surface area contributed by atoms with Gasteiger partial charge >= 0.3 is 12.2 Å². The zero-order chi connectivity index (χ0) is 28.2. The van der Waals surface area contributed by atoms with Crippen molar-refractivity contribution in [3.05, 3.63) is 83.6 Å². The maximum Gasteiger partial charge on any atom is 0.437 e. The third kappa shape index (κ3) is 7.49. The van der Waals surface area contributed by atoms with Gasteiger partial charge in [0.15, 0.2) is 0 Å². The molecular formula is C32H41N3O4. The molecule has 39 heavy (non-hydrogen) atoms. The number of ether oxygens (including phenoxy) is 2. The van der Waals surface area contributed by atoms with Crippen molar-refractivity contribution in [2.24, 2.45) is 10.9 Å².